The van der Waals surface area contributed by atoms with Crippen LogP contribution < -0.4 is 0 Å². The van der Waals surface area contributed by atoms with E-state index in [-0.39, 0.29) is 11.3 Å². The van der Waals surface area contributed by atoms with E-state index in [0.29, 0.717) is 23.5 Å². The second kappa shape index (κ2) is 12.0. The number of rotatable bonds is 11. The molecule has 0 aromatic heterocycles. The van der Waals surface area contributed by atoms with Crippen LogP contribution in [0, 0.1) is 34.5 Å². The van der Waals surface area contributed by atoms with Crippen LogP contribution in [0.2, 0.25) is 13.3 Å². The average Bonchev–Trinajstić information content (AvgIpc) is 3.17. The Hall–Kier alpha value is -0.991. The predicted octanol–water partition coefficient (Wildman–Crippen LogP) is 8.67. The van der Waals surface area contributed by atoms with Gasteiger partial charge in [-0.2, -0.15) is 0 Å². The molecule has 1 aromatic carbocycles. The second-order valence-corrected chi connectivity index (χ2v) is 26.0. The van der Waals surface area contributed by atoms with Gasteiger partial charge in [-0.3, -0.25) is 0 Å². The minimum absolute atomic E-state index is 0.0350. The van der Waals surface area contributed by atoms with E-state index in [4.69, 9.17) is 0 Å². The van der Waals surface area contributed by atoms with Crippen molar-refractivity contribution in [2.24, 2.45) is 23.2 Å². The van der Waals surface area contributed by atoms with Crippen LogP contribution in [0.1, 0.15) is 109 Å². The molecule has 3 aliphatic rings. The maximum atomic E-state index is 12.4. The van der Waals surface area contributed by atoms with Gasteiger partial charge in [0.15, 0.2) is 0 Å². The van der Waals surface area contributed by atoms with Gasteiger partial charge < -0.3 is 0 Å². The number of fused-ring (bicyclic) bond motifs is 5. The molecule has 4 heteroatoms. The van der Waals surface area contributed by atoms with E-state index >= 15 is 0 Å². The van der Waals surface area contributed by atoms with Crippen LogP contribution in [0.15, 0.2) is 28.4 Å². The van der Waals surface area contributed by atoms with Gasteiger partial charge in [0.05, 0.1) is 0 Å². The molecule has 204 valence electrons. The molecule has 0 aliphatic heterocycles. The number of aliphatic hydroxyl groups is 1. The number of unbranched alkanes of at least 4 members (excludes halogenated alkanes) is 3. The fraction of sp³-hybridized carbons (Fsp3) is 0.727. The van der Waals surface area contributed by atoms with Crippen molar-refractivity contribution >= 4 is 18.4 Å². The molecule has 0 radical (unpaired) electrons. The van der Waals surface area contributed by atoms with E-state index in [1.54, 1.807) is 0 Å². The van der Waals surface area contributed by atoms with Crippen LogP contribution >= 0.6 is 0 Å². The van der Waals surface area contributed by atoms with Gasteiger partial charge in [0.2, 0.25) is 0 Å². The van der Waals surface area contributed by atoms with Gasteiger partial charge in [0.25, 0.3) is 0 Å². The molecule has 2 saturated carbocycles. The first-order chi connectivity index (χ1) is 17.8. The zero-order valence-electron chi connectivity index (χ0n) is 23.9. The number of phenols is 1. The predicted molar refractivity (Wildman–Crippen MR) is 156 cm³/mol. The summed E-state index contributed by atoms with van der Waals surface area (Å²) >= 11 is -2.50. The van der Waals surface area contributed by atoms with Crippen molar-refractivity contribution in [2.75, 3.05) is 0 Å². The quantitative estimate of drug-likeness (QED) is 0.246. The van der Waals surface area contributed by atoms with E-state index in [1.165, 1.54) is 57.4 Å². The number of aromatic hydroxyl groups is 1. The van der Waals surface area contributed by atoms with Crippen molar-refractivity contribution in [3.63, 3.8) is 0 Å². The molecule has 2 N–H and O–H groups in total. The molecule has 0 saturated heterocycles. The Labute approximate surface area is 230 Å². The molecule has 2 fully saturated rings. The molecule has 0 unspecified atom stereocenters. The van der Waals surface area contributed by atoms with Crippen LogP contribution in [0.4, 0.5) is 0 Å². The Bertz CT molecular complexity index is 977. The first-order valence-electron chi connectivity index (χ1n) is 15.4. The van der Waals surface area contributed by atoms with Crippen LogP contribution in [0.25, 0.3) is 0 Å². The van der Waals surface area contributed by atoms with E-state index in [0.717, 1.165) is 37.7 Å². The van der Waals surface area contributed by atoms with Crippen molar-refractivity contribution in [1.82, 2.24) is 0 Å². The maximum absolute atomic E-state index is 12.4. The standard InChI is InChI=1S/C21H24NO2.3C4H9.Sn/c1-3-21(24)9-7-18-19-14(12-22)10-13-11-15(23)4-5-16(13)17(19)6-8-20(18,21)2;3*1-3-4-2;/h1,3-5,11,14,17-19,23-24H,6-10H2,2H3;3*1,3-4H2,2H3;/t14-,17+,18-,19+,20-,21-;;;;/m0..../s1. The van der Waals surface area contributed by atoms with Gasteiger partial charge >= 0.3 is 231 Å². The van der Waals surface area contributed by atoms with Crippen LogP contribution in [0.5, 0.6) is 5.75 Å². The summed E-state index contributed by atoms with van der Waals surface area (Å²) in [7, 11) is 0. The second-order valence-electron chi connectivity index (χ2n) is 13.0. The number of hydrogen-bond donors (Lipinski definition) is 2. The Morgan fingerprint density at radius 2 is 1.68 bits per heavy atom. The monoisotopic (exact) mass is 613 g/mol. The molecular weight excluding hydrogens is 561 g/mol. The summed E-state index contributed by atoms with van der Waals surface area (Å²) in [5.74, 6) is 1.32. The number of benzene rings is 1. The normalized spacial score (nSPS) is 33.1. The molecular formula is C33H51NO2Sn. The number of hydrogen-bond acceptors (Lipinski definition) is 3. The van der Waals surface area contributed by atoms with Crippen molar-refractivity contribution in [3.8, 4) is 11.8 Å². The zero-order chi connectivity index (χ0) is 26.7. The molecule has 6 atom stereocenters. The van der Waals surface area contributed by atoms with Crippen molar-refractivity contribution < 1.29 is 10.2 Å². The Morgan fingerprint density at radius 1 is 1.03 bits per heavy atom. The summed E-state index contributed by atoms with van der Waals surface area (Å²) in [5, 5.41) is 32.7. The third-order valence-corrected chi connectivity index (χ3v) is 25.0. The molecule has 0 spiro atoms. The Kier molecular flexibility index (Phi) is 9.43. The molecule has 3 nitrogen and oxygen atoms in total. The fourth-order valence-corrected chi connectivity index (χ4v) is 23.0. The van der Waals surface area contributed by atoms with E-state index < -0.39 is 24.0 Å². The molecule has 0 bridgehead atoms. The topological polar surface area (TPSA) is 64.2 Å². The zero-order valence-corrected chi connectivity index (χ0v) is 26.8. The van der Waals surface area contributed by atoms with Crippen LogP contribution in [-0.2, 0) is 6.42 Å². The summed E-state index contributed by atoms with van der Waals surface area (Å²) < 4.78 is 6.99. The molecule has 37 heavy (non-hydrogen) atoms. The van der Waals surface area contributed by atoms with Gasteiger partial charge in [-0.05, 0) is 0 Å². The van der Waals surface area contributed by atoms with E-state index in [2.05, 4.69) is 50.0 Å². The van der Waals surface area contributed by atoms with Crippen LogP contribution in [-0.4, -0.2) is 34.2 Å². The Balaban J connectivity index is 1.65. The van der Waals surface area contributed by atoms with Crippen molar-refractivity contribution in [2.45, 2.75) is 123 Å². The van der Waals surface area contributed by atoms with Crippen molar-refractivity contribution in [3.05, 3.63) is 39.5 Å². The van der Waals surface area contributed by atoms with Crippen LogP contribution in [0.3, 0.4) is 0 Å². The molecule has 0 amide bonds. The molecule has 0 heterocycles. The third kappa shape index (κ3) is 5.54. The first-order valence-corrected chi connectivity index (χ1v) is 23.1. The van der Waals surface area contributed by atoms with Gasteiger partial charge in [-0.15, -0.1) is 0 Å². The fourth-order valence-electron chi connectivity index (χ4n) is 8.61. The number of phenolic OH excluding ortho intramolecular Hbond substituents is 1. The summed E-state index contributed by atoms with van der Waals surface area (Å²) in [4.78, 5) is 0. The third-order valence-electron chi connectivity index (χ3n) is 10.9. The summed E-state index contributed by atoms with van der Waals surface area (Å²) in [6.07, 6.45) is 14.8. The summed E-state index contributed by atoms with van der Waals surface area (Å²) in [6.45, 7) is 9.32. The van der Waals surface area contributed by atoms with E-state index in [1.807, 2.05) is 12.1 Å². The molecule has 4 rings (SSSR count). The van der Waals surface area contributed by atoms with Gasteiger partial charge in [0.1, 0.15) is 0 Å². The summed E-state index contributed by atoms with van der Waals surface area (Å²) in [5.41, 5.74) is 1.60. The SMILES string of the molecule is CCC[CH2][Sn](/[CH]=C/[C@]1(O)CC[C@H]2[C@@H]3[C@H](C#N)Cc4cc(O)ccc4[C@H]3CC[C@@]21C)([CH2]CCC)[CH2]CCC. The van der Waals surface area contributed by atoms with Crippen molar-refractivity contribution in [1.29, 1.82) is 5.26 Å². The van der Waals surface area contributed by atoms with Gasteiger partial charge in [-0.1, -0.05) is 0 Å². The molecule has 3 aliphatic carbocycles. The average molecular weight is 612 g/mol. The minimum atomic E-state index is -2.50. The number of nitrogens with zero attached hydrogens (tertiary/aromatic N) is 1. The number of nitriles is 1. The van der Waals surface area contributed by atoms with Gasteiger partial charge in [-0.25, -0.2) is 0 Å². The van der Waals surface area contributed by atoms with Gasteiger partial charge in [0, 0.05) is 0 Å². The first kappa shape index (κ1) is 29.0. The molecule has 1 aromatic rings. The summed E-state index contributed by atoms with van der Waals surface area (Å²) in [6, 6.07) is 8.49. The Morgan fingerprint density at radius 3 is 2.27 bits per heavy atom. The van der Waals surface area contributed by atoms with E-state index in [9.17, 15) is 15.5 Å².